The van der Waals surface area contributed by atoms with E-state index in [2.05, 4.69) is 0 Å². The fraction of sp³-hybridized carbons (Fsp3) is 0.231. The lowest BCUT2D eigenvalue weighted by Gasteiger charge is -2.16. The van der Waals surface area contributed by atoms with Crippen molar-refractivity contribution in [1.29, 1.82) is 0 Å². The SMILES string of the molecule is CCOc1ccc(C=CC(O)c2ccc(OC)cc2OCc2ccccc2)c(OC)c1. The van der Waals surface area contributed by atoms with E-state index in [0.717, 1.165) is 16.9 Å². The van der Waals surface area contributed by atoms with E-state index in [1.807, 2.05) is 67.6 Å². The van der Waals surface area contributed by atoms with E-state index >= 15 is 0 Å². The van der Waals surface area contributed by atoms with Crippen molar-refractivity contribution in [1.82, 2.24) is 0 Å². The van der Waals surface area contributed by atoms with Gasteiger partial charge in [0.05, 0.1) is 20.8 Å². The minimum Gasteiger partial charge on any atom is -0.497 e. The van der Waals surface area contributed by atoms with Gasteiger partial charge in [-0.2, -0.15) is 0 Å². The van der Waals surface area contributed by atoms with Gasteiger partial charge in [-0.1, -0.05) is 42.5 Å². The van der Waals surface area contributed by atoms with Crippen LogP contribution in [0, 0.1) is 0 Å². The van der Waals surface area contributed by atoms with E-state index in [1.165, 1.54) is 0 Å². The highest BCUT2D eigenvalue weighted by Gasteiger charge is 2.13. The summed E-state index contributed by atoms with van der Waals surface area (Å²) in [6.45, 7) is 2.91. The third-order valence-corrected chi connectivity index (χ3v) is 4.75. The highest BCUT2D eigenvalue weighted by Crippen LogP contribution is 2.32. The van der Waals surface area contributed by atoms with Crippen LogP contribution >= 0.6 is 0 Å². The van der Waals surface area contributed by atoms with Crippen molar-refractivity contribution in [3.05, 3.63) is 89.5 Å². The lowest BCUT2D eigenvalue weighted by Crippen LogP contribution is -2.02. The highest BCUT2D eigenvalue weighted by atomic mass is 16.5. The first kappa shape index (κ1) is 22.2. The van der Waals surface area contributed by atoms with Crippen molar-refractivity contribution in [3.63, 3.8) is 0 Å². The molecule has 0 aromatic heterocycles. The Bertz CT molecular complexity index is 998. The molecule has 5 heteroatoms. The Balaban J connectivity index is 1.81. The number of methoxy groups -OCH3 is 2. The molecule has 5 nitrogen and oxygen atoms in total. The predicted octanol–water partition coefficient (Wildman–Crippen LogP) is 5.43. The van der Waals surface area contributed by atoms with Gasteiger partial charge in [0.2, 0.25) is 0 Å². The van der Waals surface area contributed by atoms with Crippen LogP contribution in [0.5, 0.6) is 23.0 Å². The Kier molecular flexibility index (Phi) is 7.96. The van der Waals surface area contributed by atoms with E-state index in [0.29, 0.717) is 36.0 Å². The number of aliphatic hydroxyl groups is 1. The molecule has 0 bridgehead atoms. The molecule has 3 aromatic carbocycles. The lowest BCUT2D eigenvalue weighted by molar-refractivity contribution is 0.217. The normalized spacial score (nSPS) is 11.9. The summed E-state index contributed by atoms with van der Waals surface area (Å²) >= 11 is 0. The number of hydrogen-bond acceptors (Lipinski definition) is 5. The summed E-state index contributed by atoms with van der Waals surface area (Å²) in [4.78, 5) is 0. The maximum atomic E-state index is 10.9. The molecule has 0 radical (unpaired) electrons. The molecule has 0 aliphatic carbocycles. The summed E-state index contributed by atoms with van der Waals surface area (Å²) in [5.41, 5.74) is 2.53. The Morgan fingerprint density at radius 3 is 2.29 bits per heavy atom. The van der Waals surface area contributed by atoms with Crippen LogP contribution in [0.3, 0.4) is 0 Å². The second kappa shape index (κ2) is 11.1. The van der Waals surface area contributed by atoms with Gasteiger partial charge in [-0.15, -0.1) is 0 Å². The maximum absolute atomic E-state index is 10.9. The first-order valence-electron chi connectivity index (χ1n) is 10.2. The smallest absolute Gasteiger partial charge is 0.129 e. The van der Waals surface area contributed by atoms with Gasteiger partial charge >= 0.3 is 0 Å². The number of hydrogen-bond donors (Lipinski definition) is 1. The largest absolute Gasteiger partial charge is 0.497 e. The molecule has 0 saturated heterocycles. The van der Waals surface area contributed by atoms with Gasteiger partial charge in [0.1, 0.15) is 35.7 Å². The van der Waals surface area contributed by atoms with Crippen LogP contribution in [0.25, 0.3) is 6.08 Å². The average molecular weight is 421 g/mol. The summed E-state index contributed by atoms with van der Waals surface area (Å²) in [7, 11) is 3.21. The maximum Gasteiger partial charge on any atom is 0.129 e. The van der Waals surface area contributed by atoms with E-state index in [4.69, 9.17) is 18.9 Å². The Morgan fingerprint density at radius 1 is 0.839 bits per heavy atom. The predicted molar refractivity (Wildman–Crippen MR) is 122 cm³/mol. The second-order valence-electron chi connectivity index (χ2n) is 6.82. The van der Waals surface area contributed by atoms with Crippen LogP contribution < -0.4 is 18.9 Å². The lowest BCUT2D eigenvalue weighted by atomic mass is 10.1. The topological polar surface area (TPSA) is 57.2 Å². The van der Waals surface area contributed by atoms with Gasteiger partial charge < -0.3 is 24.1 Å². The summed E-state index contributed by atoms with van der Waals surface area (Å²) in [6.07, 6.45) is 2.66. The Hall–Kier alpha value is -3.44. The molecule has 1 N–H and O–H groups in total. The summed E-state index contributed by atoms with van der Waals surface area (Å²) in [5.74, 6) is 2.64. The number of benzene rings is 3. The Labute approximate surface area is 183 Å². The molecule has 0 fully saturated rings. The van der Waals surface area contributed by atoms with E-state index in [1.54, 1.807) is 32.4 Å². The van der Waals surface area contributed by atoms with Crippen LogP contribution in [0.2, 0.25) is 0 Å². The van der Waals surface area contributed by atoms with Gasteiger partial charge in [0.25, 0.3) is 0 Å². The molecule has 0 heterocycles. The fourth-order valence-electron chi connectivity index (χ4n) is 3.13. The molecule has 3 rings (SSSR count). The van der Waals surface area contributed by atoms with Crippen molar-refractivity contribution in [2.45, 2.75) is 19.6 Å². The van der Waals surface area contributed by atoms with Crippen molar-refractivity contribution in [3.8, 4) is 23.0 Å². The van der Waals surface area contributed by atoms with Gasteiger partial charge in [0.15, 0.2) is 0 Å². The molecule has 31 heavy (non-hydrogen) atoms. The molecular weight excluding hydrogens is 392 g/mol. The molecule has 1 unspecified atom stereocenters. The zero-order chi connectivity index (χ0) is 22.1. The molecule has 162 valence electrons. The van der Waals surface area contributed by atoms with Crippen LogP contribution in [0.1, 0.15) is 29.7 Å². The summed E-state index contributed by atoms with van der Waals surface area (Å²) in [6, 6.07) is 20.9. The quantitative estimate of drug-likeness (QED) is 0.474. The van der Waals surface area contributed by atoms with Gasteiger partial charge in [-0.3, -0.25) is 0 Å². The first-order valence-corrected chi connectivity index (χ1v) is 10.2. The molecule has 3 aromatic rings. The number of ether oxygens (including phenoxy) is 4. The number of aliphatic hydroxyl groups excluding tert-OH is 1. The molecule has 0 aliphatic heterocycles. The first-order chi connectivity index (χ1) is 15.1. The molecule has 0 spiro atoms. The highest BCUT2D eigenvalue weighted by molar-refractivity contribution is 5.60. The minimum atomic E-state index is -0.868. The van der Waals surface area contributed by atoms with Crippen LogP contribution in [-0.2, 0) is 6.61 Å². The third-order valence-electron chi connectivity index (χ3n) is 4.75. The monoisotopic (exact) mass is 420 g/mol. The summed E-state index contributed by atoms with van der Waals surface area (Å²) in [5, 5.41) is 10.9. The second-order valence-corrected chi connectivity index (χ2v) is 6.82. The number of rotatable bonds is 10. The van der Waals surface area contributed by atoms with Crippen LogP contribution in [0.4, 0.5) is 0 Å². The molecular formula is C26H28O5. The fourth-order valence-corrected chi connectivity index (χ4v) is 3.13. The van der Waals surface area contributed by atoms with Crippen molar-refractivity contribution < 1.29 is 24.1 Å². The summed E-state index contributed by atoms with van der Waals surface area (Å²) < 4.78 is 22.3. The zero-order valence-corrected chi connectivity index (χ0v) is 18.1. The van der Waals surface area contributed by atoms with E-state index < -0.39 is 6.10 Å². The Morgan fingerprint density at radius 2 is 1.58 bits per heavy atom. The van der Waals surface area contributed by atoms with Crippen molar-refractivity contribution in [2.75, 3.05) is 20.8 Å². The average Bonchev–Trinajstić information content (AvgIpc) is 2.82. The van der Waals surface area contributed by atoms with Crippen LogP contribution in [0.15, 0.2) is 72.8 Å². The zero-order valence-electron chi connectivity index (χ0n) is 18.1. The molecule has 1 atom stereocenters. The van der Waals surface area contributed by atoms with E-state index in [-0.39, 0.29) is 0 Å². The minimum absolute atomic E-state index is 0.393. The standard InChI is InChI=1S/C26H28O5/c1-4-30-22-12-10-20(25(17-22)29-3)11-15-24(27)23-14-13-21(28-2)16-26(23)31-18-19-8-6-5-7-9-19/h5-17,24,27H,4,18H2,1-3H3. The van der Waals surface area contributed by atoms with Crippen molar-refractivity contribution >= 4 is 6.08 Å². The molecule has 0 aliphatic rings. The van der Waals surface area contributed by atoms with Crippen molar-refractivity contribution in [2.24, 2.45) is 0 Å². The van der Waals surface area contributed by atoms with E-state index in [9.17, 15) is 5.11 Å². The van der Waals surface area contributed by atoms with Crippen LogP contribution in [-0.4, -0.2) is 25.9 Å². The third kappa shape index (κ3) is 6.03. The van der Waals surface area contributed by atoms with Gasteiger partial charge in [0, 0.05) is 23.3 Å². The van der Waals surface area contributed by atoms with Gasteiger partial charge in [-0.05, 0) is 36.8 Å². The molecule has 0 amide bonds. The molecule has 0 saturated carbocycles. The van der Waals surface area contributed by atoms with Gasteiger partial charge in [-0.25, -0.2) is 0 Å².